The van der Waals surface area contributed by atoms with Gasteiger partial charge in [-0.1, -0.05) is 24.1 Å². The van der Waals surface area contributed by atoms with Crippen LogP contribution >= 0.6 is 0 Å². The number of rotatable bonds is 5. The van der Waals surface area contributed by atoms with Crippen LogP contribution in [0.2, 0.25) is 0 Å². The number of nitrogens with one attached hydrogen (secondary N) is 1. The highest BCUT2D eigenvalue weighted by Gasteiger charge is 2.17. The van der Waals surface area contributed by atoms with Crippen LogP contribution in [0.15, 0.2) is 47.4 Å². The Labute approximate surface area is 140 Å². The van der Waals surface area contributed by atoms with Crippen molar-refractivity contribution in [2.45, 2.75) is 17.9 Å². The summed E-state index contributed by atoms with van der Waals surface area (Å²) in [6.07, 6.45) is 1.12. The summed E-state index contributed by atoms with van der Waals surface area (Å²) in [6, 6.07) is 9.45. The van der Waals surface area contributed by atoms with Gasteiger partial charge in [0.05, 0.1) is 17.5 Å². The van der Waals surface area contributed by atoms with Crippen LogP contribution < -0.4 is 5.32 Å². The summed E-state index contributed by atoms with van der Waals surface area (Å²) < 4.78 is 50.3. The Morgan fingerprint density at radius 2 is 1.79 bits per heavy atom. The lowest BCUT2D eigenvalue weighted by Gasteiger charge is -2.19. The second-order valence-electron chi connectivity index (χ2n) is 5.26. The maximum Gasteiger partial charge on any atom is 0.175 e. The van der Waals surface area contributed by atoms with Crippen molar-refractivity contribution in [2.24, 2.45) is 0 Å². The van der Waals surface area contributed by atoms with E-state index in [1.165, 1.54) is 18.2 Å². The van der Waals surface area contributed by atoms with E-state index in [4.69, 9.17) is 0 Å². The second-order valence-corrected chi connectivity index (χ2v) is 7.27. The molecule has 0 saturated heterocycles. The van der Waals surface area contributed by atoms with Gasteiger partial charge in [0.2, 0.25) is 0 Å². The molecule has 0 aromatic heterocycles. The number of hydrogen-bond acceptors (Lipinski definition) is 3. The molecule has 3 nitrogen and oxygen atoms in total. The maximum atomic E-state index is 13.6. The summed E-state index contributed by atoms with van der Waals surface area (Å²) in [7, 11) is -3.37. The molecule has 2 aromatic rings. The molecule has 0 aliphatic carbocycles. The van der Waals surface area contributed by atoms with Crippen molar-refractivity contribution in [3.63, 3.8) is 0 Å². The van der Waals surface area contributed by atoms with E-state index in [0.717, 1.165) is 18.4 Å². The third-order valence-electron chi connectivity index (χ3n) is 3.47. The first-order chi connectivity index (χ1) is 11.3. The Bertz CT molecular complexity index is 899. The zero-order valence-corrected chi connectivity index (χ0v) is 14.1. The summed E-state index contributed by atoms with van der Waals surface area (Å²) in [5.74, 6) is 3.69. The van der Waals surface area contributed by atoms with Crippen LogP contribution in [-0.4, -0.2) is 21.2 Å². The van der Waals surface area contributed by atoms with Crippen LogP contribution in [0.4, 0.5) is 8.78 Å². The summed E-state index contributed by atoms with van der Waals surface area (Å²) in [5, 5.41) is 3.12. The van der Waals surface area contributed by atoms with Gasteiger partial charge in [-0.05, 0) is 42.3 Å². The van der Waals surface area contributed by atoms with Crippen molar-refractivity contribution < 1.29 is 17.2 Å². The van der Waals surface area contributed by atoms with E-state index in [1.54, 1.807) is 19.1 Å². The quantitative estimate of drug-likeness (QED) is 0.844. The van der Waals surface area contributed by atoms with Gasteiger partial charge in [-0.2, -0.15) is 0 Å². The van der Waals surface area contributed by atoms with Crippen LogP contribution in [0, 0.1) is 23.5 Å². The summed E-state index contributed by atoms with van der Waals surface area (Å²) >= 11 is 0. The van der Waals surface area contributed by atoms with Gasteiger partial charge in [0.25, 0.3) is 0 Å². The van der Waals surface area contributed by atoms with Crippen molar-refractivity contribution in [1.29, 1.82) is 0 Å². The van der Waals surface area contributed by atoms with Crippen LogP contribution in [0.25, 0.3) is 0 Å². The van der Waals surface area contributed by atoms with Crippen molar-refractivity contribution in [3.05, 3.63) is 65.2 Å². The first kappa shape index (κ1) is 18.1. The van der Waals surface area contributed by atoms with E-state index >= 15 is 0 Å². The van der Waals surface area contributed by atoms with Crippen molar-refractivity contribution in [1.82, 2.24) is 5.32 Å². The van der Waals surface area contributed by atoms with Gasteiger partial charge < -0.3 is 0 Å². The lowest BCUT2D eigenvalue weighted by molar-refractivity contribution is 0.504. The number of halogens is 2. The summed E-state index contributed by atoms with van der Waals surface area (Å²) in [4.78, 5) is 0.163. The van der Waals surface area contributed by atoms with Gasteiger partial charge >= 0.3 is 0 Å². The van der Waals surface area contributed by atoms with Crippen molar-refractivity contribution >= 4 is 9.84 Å². The zero-order chi connectivity index (χ0) is 17.7. The molecule has 0 unspecified atom stereocenters. The molecule has 0 spiro atoms. The van der Waals surface area contributed by atoms with E-state index in [2.05, 4.69) is 17.2 Å². The van der Waals surface area contributed by atoms with E-state index in [1.807, 2.05) is 0 Å². The van der Waals surface area contributed by atoms with E-state index in [0.29, 0.717) is 17.7 Å². The Balaban J connectivity index is 2.49. The second kappa shape index (κ2) is 7.56. The standard InChI is InChI=1S/C18H17F2NO2S/c1-3-4-10-21-18(14-8-9-16(19)17(20)12-14)13-6-5-7-15(11-13)24(2,22)23/h5-9,11-12,18,21H,10H2,1-2H3/t18-/m1/s1. The highest BCUT2D eigenvalue weighted by Crippen LogP contribution is 2.25. The minimum Gasteiger partial charge on any atom is -0.295 e. The van der Waals surface area contributed by atoms with Crippen LogP contribution in [-0.2, 0) is 9.84 Å². The Morgan fingerprint density at radius 1 is 1.08 bits per heavy atom. The first-order valence-corrected chi connectivity index (χ1v) is 9.10. The fraction of sp³-hybridized carbons (Fsp3) is 0.222. The third-order valence-corrected chi connectivity index (χ3v) is 4.58. The predicted molar refractivity (Wildman–Crippen MR) is 89.2 cm³/mol. The summed E-state index contributed by atoms with van der Waals surface area (Å²) in [6.45, 7) is 2.02. The molecule has 24 heavy (non-hydrogen) atoms. The molecule has 1 atom stereocenters. The SMILES string of the molecule is CC#CCN[C@H](c1cccc(S(C)(=O)=O)c1)c1ccc(F)c(F)c1. The minimum atomic E-state index is -3.37. The molecule has 0 saturated carbocycles. The van der Waals surface area contributed by atoms with Crippen molar-refractivity contribution in [2.75, 3.05) is 12.8 Å². The molecular weight excluding hydrogens is 332 g/mol. The maximum absolute atomic E-state index is 13.6. The molecular formula is C18H17F2NO2S. The normalized spacial score (nSPS) is 12.3. The highest BCUT2D eigenvalue weighted by atomic mass is 32.2. The molecule has 0 radical (unpaired) electrons. The minimum absolute atomic E-state index is 0.163. The molecule has 0 aliphatic heterocycles. The number of benzene rings is 2. The first-order valence-electron chi connectivity index (χ1n) is 7.21. The molecule has 6 heteroatoms. The van der Waals surface area contributed by atoms with E-state index in [-0.39, 0.29) is 4.90 Å². The lowest BCUT2D eigenvalue weighted by Crippen LogP contribution is -2.23. The number of hydrogen-bond donors (Lipinski definition) is 1. The van der Waals surface area contributed by atoms with Gasteiger partial charge in [0.15, 0.2) is 21.5 Å². The zero-order valence-electron chi connectivity index (χ0n) is 13.3. The topological polar surface area (TPSA) is 46.2 Å². The van der Waals surface area contributed by atoms with Crippen LogP contribution in [0.3, 0.4) is 0 Å². The average Bonchev–Trinajstić information content (AvgIpc) is 2.54. The summed E-state index contributed by atoms with van der Waals surface area (Å²) in [5.41, 5.74) is 1.11. The molecule has 0 heterocycles. The fourth-order valence-corrected chi connectivity index (χ4v) is 2.96. The largest absolute Gasteiger partial charge is 0.295 e. The van der Waals surface area contributed by atoms with E-state index in [9.17, 15) is 17.2 Å². The fourth-order valence-electron chi connectivity index (χ4n) is 2.29. The van der Waals surface area contributed by atoms with Crippen molar-refractivity contribution in [3.8, 4) is 11.8 Å². The van der Waals surface area contributed by atoms with Gasteiger partial charge in [-0.25, -0.2) is 17.2 Å². The van der Waals surface area contributed by atoms with Gasteiger partial charge in [-0.3, -0.25) is 5.32 Å². The molecule has 0 fully saturated rings. The van der Waals surface area contributed by atoms with Crippen LogP contribution in [0.5, 0.6) is 0 Å². The average molecular weight is 349 g/mol. The monoisotopic (exact) mass is 349 g/mol. The molecule has 2 aromatic carbocycles. The molecule has 126 valence electrons. The van der Waals surface area contributed by atoms with Crippen LogP contribution in [0.1, 0.15) is 24.1 Å². The molecule has 1 N–H and O–H groups in total. The smallest absolute Gasteiger partial charge is 0.175 e. The molecule has 2 rings (SSSR count). The van der Waals surface area contributed by atoms with Gasteiger partial charge in [0.1, 0.15) is 0 Å². The Hall–Kier alpha value is -2.23. The van der Waals surface area contributed by atoms with Gasteiger partial charge in [-0.15, -0.1) is 5.92 Å². The Morgan fingerprint density at radius 3 is 2.42 bits per heavy atom. The van der Waals surface area contributed by atoms with Gasteiger partial charge in [0, 0.05) is 6.26 Å². The molecule has 0 amide bonds. The lowest BCUT2D eigenvalue weighted by atomic mass is 9.98. The molecule has 0 aliphatic rings. The van der Waals surface area contributed by atoms with E-state index < -0.39 is 27.5 Å². The Kier molecular flexibility index (Phi) is 5.71. The predicted octanol–water partition coefficient (Wildman–Crippen LogP) is 3.07. The highest BCUT2D eigenvalue weighted by molar-refractivity contribution is 7.90. The third kappa shape index (κ3) is 4.40. The number of sulfone groups is 1. The molecule has 0 bridgehead atoms.